The summed E-state index contributed by atoms with van der Waals surface area (Å²) < 4.78 is 9.72. The third-order valence-electron chi connectivity index (χ3n) is 5.27. The number of thioether (sulfide) groups is 1. The van der Waals surface area contributed by atoms with E-state index < -0.39 is 35.0 Å². The second-order valence-electron chi connectivity index (χ2n) is 7.67. The van der Waals surface area contributed by atoms with E-state index in [0.29, 0.717) is 12.0 Å². The van der Waals surface area contributed by atoms with Crippen LogP contribution in [0.5, 0.6) is 0 Å². The Hall–Kier alpha value is -3.40. The molecule has 2 heterocycles. The van der Waals surface area contributed by atoms with Crippen LogP contribution >= 0.6 is 11.8 Å². The summed E-state index contributed by atoms with van der Waals surface area (Å²) in [5.74, 6) is -3.06. The number of benzene rings is 1. The van der Waals surface area contributed by atoms with Crippen LogP contribution in [-0.4, -0.2) is 65.3 Å². The third-order valence-corrected chi connectivity index (χ3v) is 6.57. The normalized spacial score (nSPS) is 19.4. The van der Waals surface area contributed by atoms with Gasteiger partial charge < -0.3 is 14.8 Å². The number of carbonyl (C=O) groups is 5. The Bertz CT molecular complexity index is 1040. The molecule has 0 spiro atoms. The zero-order chi connectivity index (χ0) is 24.7. The van der Waals surface area contributed by atoms with Gasteiger partial charge in [0.15, 0.2) is 0 Å². The Labute approximate surface area is 201 Å². The van der Waals surface area contributed by atoms with Crippen LogP contribution in [0.4, 0.5) is 0 Å². The maximum absolute atomic E-state index is 12.8. The molecule has 1 fully saturated rings. The van der Waals surface area contributed by atoms with Crippen molar-refractivity contribution in [2.45, 2.75) is 37.6 Å². The second-order valence-corrected chi connectivity index (χ2v) is 8.77. The van der Waals surface area contributed by atoms with Crippen molar-refractivity contribution in [2.24, 2.45) is 0 Å². The average Bonchev–Trinajstić information content (AvgIpc) is 2.85. The fraction of sp³-hybridized carbons (Fsp3) is 0.375. The Morgan fingerprint density at radius 2 is 1.94 bits per heavy atom. The van der Waals surface area contributed by atoms with Crippen molar-refractivity contribution in [3.8, 4) is 0 Å². The number of hydrogen-bond donors (Lipinski definition) is 1. The molecule has 10 heteroatoms. The van der Waals surface area contributed by atoms with E-state index in [4.69, 9.17) is 9.47 Å². The van der Waals surface area contributed by atoms with Crippen molar-refractivity contribution in [3.05, 3.63) is 59.3 Å². The van der Waals surface area contributed by atoms with E-state index in [2.05, 4.69) is 5.32 Å². The molecule has 180 valence electrons. The van der Waals surface area contributed by atoms with Crippen LogP contribution in [0, 0.1) is 0 Å². The number of nitrogens with zero attached hydrogens (tertiary/aromatic N) is 1. The minimum absolute atomic E-state index is 0.00629. The maximum atomic E-state index is 12.8. The molecule has 2 aliphatic heterocycles. The Kier molecular flexibility index (Phi) is 8.64. The zero-order valence-electron chi connectivity index (χ0n) is 18.9. The Morgan fingerprint density at radius 3 is 2.62 bits per heavy atom. The molecule has 0 aliphatic carbocycles. The molecule has 9 nitrogen and oxygen atoms in total. The number of esters is 2. The van der Waals surface area contributed by atoms with Gasteiger partial charge in [0.25, 0.3) is 11.7 Å². The number of amides is 2. The standard InChI is InChI=1S/C24H26N2O7S/c1-3-4-12-33-23(30)17(27)11-10-16-14-34-22-19(21(29)26(22)20(16)24(31)32-2)25-18(28)13-15-8-6-5-7-9-15/h5-11,19,22H,3-4,12-14H2,1-2H3,(H,25,28)/b11-10+/t19-,22-/m1/s1. The Balaban J connectivity index is 1.70. The maximum Gasteiger partial charge on any atom is 0.379 e. The lowest BCUT2D eigenvalue weighted by Gasteiger charge is -2.49. The van der Waals surface area contributed by atoms with E-state index in [9.17, 15) is 24.0 Å². The van der Waals surface area contributed by atoms with Gasteiger partial charge in [-0.3, -0.25) is 19.3 Å². The largest absolute Gasteiger partial charge is 0.464 e. The van der Waals surface area contributed by atoms with E-state index in [1.807, 2.05) is 37.3 Å². The number of ketones is 1. The van der Waals surface area contributed by atoms with Gasteiger partial charge in [0.05, 0.1) is 20.1 Å². The molecule has 0 bridgehead atoms. The predicted octanol–water partition coefficient (Wildman–Crippen LogP) is 1.52. The molecule has 2 aliphatic rings. The number of fused-ring (bicyclic) bond motifs is 1. The van der Waals surface area contributed by atoms with E-state index in [1.165, 1.54) is 29.8 Å². The van der Waals surface area contributed by atoms with Gasteiger partial charge in [-0.1, -0.05) is 49.8 Å². The molecule has 1 saturated heterocycles. The van der Waals surface area contributed by atoms with Crippen LogP contribution in [0.15, 0.2) is 53.8 Å². The first-order valence-electron chi connectivity index (χ1n) is 10.9. The SMILES string of the molecule is CCCCOC(=O)C(=O)/C=C/C1=C(C(=O)OC)N2C(=O)[C@@H](NC(=O)Cc3ccccc3)[C@H]2SC1. The molecule has 2 amide bonds. The number of ether oxygens (including phenoxy) is 2. The lowest BCUT2D eigenvalue weighted by molar-refractivity contribution is -0.151. The zero-order valence-corrected chi connectivity index (χ0v) is 19.8. The van der Waals surface area contributed by atoms with Gasteiger partial charge in [-0.15, -0.1) is 11.8 Å². The first kappa shape index (κ1) is 25.2. The molecule has 0 radical (unpaired) electrons. The molecule has 1 aromatic carbocycles. The number of rotatable bonds is 10. The van der Waals surface area contributed by atoms with E-state index in [0.717, 1.165) is 18.1 Å². The number of hydrogen-bond acceptors (Lipinski definition) is 8. The van der Waals surface area contributed by atoms with Gasteiger partial charge in [-0.05, 0) is 23.6 Å². The summed E-state index contributed by atoms with van der Waals surface area (Å²) in [6.45, 7) is 2.09. The van der Waals surface area contributed by atoms with Gasteiger partial charge in [0.2, 0.25) is 5.91 Å². The van der Waals surface area contributed by atoms with Crippen molar-refractivity contribution in [1.82, 2.24) is 10.2 Å². The summed E-state index contributed by atoms with van der Waals surface area (Å²) in [5.41, 5.74) is 1.18. The van der Waals surface area contributed by atoms with Gasteiger partial charge in [-0.25, -0.2) is 9.59 Å². The number of β-lactam (4-membered cyclic amide) rings is 1. The number of methoxy groups -OCH3 is 1. The molecule has 0 unspecified atom stereocenters. The quantitative estimate of drug-likeness (QED) is 0.174. The number of nitrogens with one attached hydrogen (secondary N) is 1. The monoisotopic (exact) mass is 486 g/mol. The van der Waals surface area contributed by atoms with Gasteiger partial charge in [0.1, 0.15) is 17.1 Å². The first-order valence-corrected chi connectivity index (χ1v) is 11.9. The van der Waals surface area contributed by atoms with E-state index in [1.54, 1.807) is 0 Å². The molecule has 0 aromatic heterocycles. The topological polar surface area (TPSA) is 119 Å². The minimum atomic E-state index is -0.979. The summed E-state index contributed by atoms with van der Waals surface area (Å²) >= 11 is 1.34. The fourth-order valence-corrected chi connectivity index (χ4v) is 4.81. The minimum Gasteiger partial charge on any atom is -0.464 e. The van der Waals surface area contributed by atoms with E-state index in [-0.39, 0.29) is 30.4 Å². The number of allylic oxidation sites excluding steroid dienone is 1. The van der Waals surface area contributed by atoms with Crippen molar-refractivity contribution >= 4 is 41.3 Å². The van der Waals surface area contributed by atoms with Crippen molar-refractivity contribution in [2.75, 3.05) is 19.5 Å². The van der Waals surface area contributed by atoms with Gasteiger partial charge in [-0.2, -0.15) is 0 Å². The summed E-state index contributed by atoms with van der Waals surface area (Å²) in [6, 6.07) is 8.37. The van der Waals surface area contributed by atoms with Crippen LogP contribution in [0.3, 0.4) is 0 Å². The molecule has 2 atom stereocenters. The molecule has 0 saturated carbocycles. The summed E-state index contributed by atoms with van der Waals surface area (Å²) in [4.78, 5) is 62.8. The van der Waals surface area contributed by atoms with Crippen molar-refractivity contribution in [1.29, 1.82) is 0 Å². The summed E-state index contributed by atoms with van der Waals surface area (Å²) in [7, 11) is 1.19. The van der Waals surface area contributed by atoms with E-state index >= 15 is 0 Å². The van der Waals surface area contributed by atoms with Crippen LogP contribution < -0.4 is 5.32 Å². The predicted molar refractivity (Wildman–Crippen MR) is 124 cm³/mol. The van der Waals surface area contributed by atoms with Crippen LogP contribution in [0.25, 0.3) is 0 Å². The highest BCUT2D eigenvalue weighted by Gasteiger charge is 2.54. The molecule has 1 N–H and O–H groups in total. The summed E-state index contributed by atoms with van der Waals surface area (Å²) in [5, 5.41) is 2.26. The lowest BCUT2D eigenvalue weighted by Crippen LogP contribution is -2.70. The highest BCUT2D eigenvalue weighted by atomic mass is 32.2. The first-order chi connectivity index (χ1) is 16.4. The van der Waals surface area contributed by atoms with Gasteiger partial charge in [0, 0.05) is 5.75 Å². The van der Waals surface area contributed by atoms with Crippen molar-refractivity contribution in [3.63, 3.8) is 0 Å². The molecule has 34 heavy (non-hydrogen) atoms. The Morgan fingerprint density at radius 1 is 1.21 bits per heavy atom. The number of carbonyl (C=O) groups excluding carboxylic acids is 5. The summed E-state index contributed by atoms with van der Waals surface area (Å²) in [6.07, 6.45) is 3.96. The smallest absolute Gasteiger partial charge is 0.379 e. The van der Waals surface area contributed by atoms with Crippen LogP contribution in [-0.2, 0) is 39.9 Å². The fourth-order valence-electron chi connectivity index (χ4n) is 3.49. The number of unbranched alkanes of at least 4 members (excludes halogenated alkanes) is 1. The van der Waals surface area contributed by atoms with Gasteiger partial charge >= 0.3 is 11.9 Å². The average molecular weight is 487 g/mol. The third kappa shape index (κ3) is 5.74. The highest BCUT2D eigenvalue weighted by molar-refractivity contribution is 8.00. The molecular weight excluding hydrogens is 460 g/mol. The lowest BCUT2D eigenvalue weighted by atomic mass is 10.0. The molecule has 3 rings (SSSR count). The molecule has 1 aromatic rings. The molecular formula is C24H26N2O7S. The van der Waals surface area contributed by atoms with Crippen molar-refractivity contribution < 1.29 is 33.4 Å². The second kappa shape index (κ2) is 11.6. The van der Waals surface area contributed by atoms with Crippen LogP contribution in [0.1, 0.15) is 25.3 Å². The van der Waals surface area contributed by atoms with Crippen LogP contribution in [0.2, 0.25) is 0 Å². The highest BCUT2D eigenvalue weighted by Crippen LogP contribution is 2.41.